The number of nitrogens with zero attached hydrogens (tertiary/aromatic N) is 1. The summed E-state index contributed by atoms with van der Waals surface area (Å²) < 4.78 is 28.1. The summed E-state index contributed by atoms with van der Waals surface area (Å²) in [6.07, 6.45) is -0.885. The van der Waals surface area contributed by atoms with Gasteiger partial charge in [0, 0.05) is 19.1 Å². The Morgan fingerprint density at radius 2 is 2.11 bits per heavy atom. The first-order valence-corrected chi connectivity index (χ1v) is 6.13. The third-order valence-corrected chi connectivity index (χ3v) is 2.58. The summed E-state index contributed by atoms with van der Waals surface area (Å²) in [7, 11) is 0. The molecule has 1 aliphatic rings. The van der Waals surface area contributed by atoms with Crippen LogP contribution < -0.4 is 5.32 Å². The van der Waals surface area contributed by atoms with E-state index in [1.165, 1.54) is 4.90 Å². The van der Waals surface area contributed by atoms with Crippen LogP contribution in [0.2, 0.25) is 0 Å². The standard InChI is InChI=1S/C11H18F2N2O4/c12-9(13)7-19-6-4-14-11(18)15(8-1-2-8)5-3-10(16)17/h8-9H,1-7H2,(H,14,18)(H,16,17). The number of nitrogens with one attached hydrogen (secondary N) is 1. The predicted octanol–water partition coefficient (Wildman–Crippen LogP) is 0.917. The highest BCUT2D eigenvalue weighted by Gasteiger charge is 2.32. The van der Waals surface area contributed by atoms with Gasteiger partial charge in [0.15, 0.2) is 0 Å². The molecular formula is C11H18F2N2O4. The first-order chi connectivity index (χ1) is 9.00. The molecule has 19 heavy (non-hydrogen) atoms. The summed E-state index contributed by atoms with van der Waals surface area (Å²) in [6, 6.07) is -0.272. The molecule has 0 atom stereocenters. The van der Waals surface area contributed by atoms with Crippen LogP contribution in [0.1, 0.15) is 19.3 Å². The van der Waals surface area contributed by atoms with Gasteiger partial charge in [-0.05, 0) is 12.8 Å². The highest BCUT2D eigenvalue weighted by Crippen LogP contribution is 2.26. The van der Waals surface area contributed by atoms with E-state index in [2.05, 4.69) is 10.1 Å². The normalized spacial score (nSPS) is 14.5. The van der Waals surface area contributed by atoms with Crippen molar-refractivity contribution in [2.45, 2.75) is 31.7 Å². The monoisotopic (exact) mass is 280 g/mol. The molecular weight excluding hydrogens is 262 g/mol. The molecule has 0 heterocycles. The number of hydrogen-bond donors (Lipinski definition) is 2. The third-order valence-electron chi connectivity index (χ3n) is 2.58. The van der Waals surface area contributed by atoms with Crippen molar-refractivity contribution in [3.05, 3.63) is 0 Å². The van der Waals surface area contributed by atoms with Crippen molar-refractivity contribution < 1.29 is 28.2 Å². The van der Waals surface area contributed by atoms with Gasteiger partial charge in [-0.25, -0.2) is 13.6 Å². The molecule has 0 unspecified atom stereocenters. The molecule has 2 amide bonds. The van der Waals surface area contributed by atoms with Crippen molar-refractivity contribution in [1.29, 1.82) is 0 Å². The number of alkyl halides is 2. The van der Waals surface area contributed by atoms with Crippen molar-refractivity contribution >= 4 is 12.0 Å². The van der Waals surface area contributed by atoms with Gasteiger partial charge in [0.1, 0.15) is 6.61 Å². The molecule has 6 nitrogen and oxygen atoms in total. The van der Waals surface area contributed by atoms with Gasteiger partial charge >= 0.3 is 12.0 Å². The van der Waals surface area contributed by atoms with Gasteiger partial charge in [-0.2, -0.15) is 0 Å². The van der Waals surface area contributed by atoms with Crippen LogP contribution in [0.4, 0.5) is 13.6 Å². The second-order valence-corrected chi connectivity index (χ2v) is 4.27. The summed E-state index contributed by atoms with van der Waals surface area (Å²) in [5, 5.41) is 11.1. The smallest absolute Gasteiger partial charge is 0.317 e. The Bertz CT molecular complexity index is 311. The fourth-order valence-electron chi connectivity index (χ4n) is 1.56. The number of ether oxygens (including phenoxy) is 1. The third kappa shape index (κ3) is 6.90. The lowest BCUT2D eigenvalue weighted by molar-refractivity contribution is -0.137. The fraction of sp³-hybridized carbons (Fsp3) is 0.818. The number of amides is 2. The summed E-state index contributed by atoms with van der Waals surface area (Å²) in [4.78, 5) is 23.7. The molecule has 0 spiro atoms. The number of aliphatic carboxylic acids is 1. The lowest BCUT2D eigenvalue weighted by atomic mass is 10.4. The van der Waals surface area contributed by atoms with E-state index in [1.54, 1.807) is 0 Å². The quantitative estimate of drug-likeness (QED) is 0.615. The van der Waals surface area contributed by atoms with E-state index in [9.17, 15) is 18.4 Å². The Balaban J connectivity index is 2.19. The Hall–Kier alpha value is -1.44. The Morgan fingerprint density at radius 1 is 1.42 bits per heavy atom. The first kappa shape index (κ1) is 15.6. The van der Waals surface area contributed by atoms with Crippen LogP contribution in [-0.4, -0.2) is 60.8 Å². The molecule has 0 aromatic carbocycles. The molecule has 0 radical (unpaired) electrons. The molecule has 0 aliphatic heterocycles. The Kier molecular flexibility index (Phi) is 6.48. The molecule has 0 saturated heterocycles. The van der Waals surface area contributed by atoms with Crippen LogP contribution in [0, 0.1) is 0 Å². The minimum atomic E-state index is -2.52. The van der Waals surface area contributed by atoms with Gasteiger partial charge in [0.05, 0.1) is 13.0 Å². The van der Waals surface area contributed by atoms with Crippen molar-refractivity contribution in [3.63, 3.8) is 0 Å². The van der Waals surface area contributed by atoms with E-state index in [0.717, 1.165) is 12.8 Å². The molecule has 2 N–H and O–H groups in total. The average Bonchev–Trinajstić information content (AvgIpc) is 3.12. The topological polar surface area (TPSA) is 78.9 Å². The van der Waals surface area contributed by atoms with Crippen LogP contribution >= 0.6 is 0 Å². The highest BCUT2D eigenvalue weighted by molar-refractivity contribution is 5.76. The van der Waals surface area contributed by atoms with Crippen molar-refractivity contribution in [1.82, 2.24) is 10.2 Å². The zero-order valence-electron chi connectivity index (χ0n) is 10.5. The number of hydrogen-bond acceptors (Lipinski definition) is 3. The van der Waals surface area contributed by atoms with E-state index < -0.39 is 19.0 Å². The summed E-state index contributed by atoms with van der Waals surface area (Å²) in [6.45, 7) is -0.361. The number of carboxylic acid groups (broad SMARTS) is 1. The van der Waals surface area contributed by atoms with Crippen LogP contribution in [-0.2, 0) is 9.53 Å². The summed E-state index contributed by atoms with van der Waals surface area (Å²) in [5.74, 6) is -0.960. The maximum absolute atomic E-state index is 11.8. The van der Waals surface area contributed by atoms with Crippen LogP contribution in [0.5, 0.6) is 0 Å². The molecule has 0 aromatic heterocycles. The van der Waals surface area contributed by atoms with Crippen LogP contribution in [0.15, 0.2) is 0 Å². The molecule has 1 fully saturated rings. The maximum Gasteiger partial charge on any atom is 0.317 e. The molecule has 1 aliphatic carbocycles. The van der Waals surface area contributed by atoms with Crippen molar-refractivity contribution in [2.24, 2.45) is 0 Å². The summed E-state index contributed by atoms with van der Waals surface area (Å²) >= 11 is 0. The lowest BCUT2D eigenvalue weighted by Crippen LogP contribution is -2.43. The molecule has 110 valence electrons. The van der Waals surface area contributed by atoms with Gasteiger partial charge in [-0.15, -0.1) is 0 Å². The van der Waals surface area contributed by atoms with Crippen molar-refractivity contribution in [3.8, 4) is 0 Å². The average molecular weight is 280 g/mol. The van der Waals surface area contributed by atoms with Crippen LogP contribution in [0.3, 0.4) is 0 Å². The number of halogens is 2. The van der Waals surface area contributed by atoms with E-state index in [1.807, 2.05) is 0 Å². The van der Waals surface area contributed by atoms with E-state index in [-0.39, 0.29) is 38.2 Å². The second kappa shape index (κ2) is 7.88. The van der Waals surface area contributed by atoms with E-state index >= 15 is 0 Å². The number of carbonyl (C=O) groups is 2. The molecule has 1 saturated carbocycles. The largest absolute Gasteiger partial charge is 0.481 e. The van der Waals surface area contributed by atoms with Crippen LogP contribution in [0.25, 0.3) is 0 Å². The Morgan fingerprint density at radius 3 is 2.63 bits per heavy atom. The minimum absolute atomic E-state index is 0.00746. The molecule has 0 aromatic rings. The van der Waals surface area contributed by atoms with Gasteiger partial charge in [0.2, 0.25) is 0 Å². The zero-order valence-corrected chi connectivity index (χ0v) is 10.5. The SMILES string of the molecule is O=C(O)CCN(C(=O)NCCOCC(F)F)C1CC1. The van der Waals surface area contributed by atoms with Gasteiger partial charge in [-0.1, -0.05) is 0 Å². The van der Waals surface area contributed by atoms with Crippen molar-refractivity contribution in [2.75, 3.05) is 26.3 Å². The van der Waals surface area contributed by atoms with Gasteiger partial charge < -0.3 is 20.1 Å². The zero-order chi connectivity index (χ0) is 14.3. The number of rotatable bonds is 9. The van der Waals surface area contributed by atoms with Gasteiger partial charge in [-0.3, -0.25) is 4.79 Å². The second-order valence-electron chi connectivity index (χ2n) is 4.27. The van der Waals surface area contributed by atoms with E-state index in [4.69, 9.17) is 5.11 Å². The summed E-state index contributed by atoms with van der Waals surface area (Å²) in [5.41, 5.74) is 0. The Labute approximate surface area is 109 Å². The number of carboxylic acids is 1. The highest BCUT2D eigenvalue weighted by atomic mass is 19.3. The first-order valence-electron chi connectivity index (χ1n) is 6.13. The minimum Gasteiger partial charge on any atom is -0.481 e. The lowest BCUT2D eigenvalue weighted by Gasteiger charge is -2.22. The molecule has 1 rings (SSSR count). The molecule has 8 heteroatoms. The predicted molar refractivity (Wildman–Crippen MR) is 62.2 cm³/mol. The number of urea groups is 1. The van der Waals surface area contributed by atoms with Gasteiger partial charge in [0.25, 0.3) is 6.43 Å². The molecule has 0 bridgehead atoms. The number of carbonyl (C=O) groups excluding carboxylic acids is 1. The maximum atomic E-state index is 11.8. The van der Waals surface area contributed by atoms with E-state index in [0.29, 0.717) is 0 Å². The fourth-order valence-corrected chi connectivity index (χ4v) is 1.56.